The lowest BCUT2D eigenvalue weighted by Crippen LogP contribution is -2.33. The molecule has 2 amide bonds. The van der Waals surface area contributed by atoms with Gasteiger partial charge < -0.3 is 10.1 Å². The Bertz CT molecular complexity index is 1040. The maximum absolute atomic E-state index is 13.0. The molecule has 0 spiro atoms. The van der Waals surface area contributed by atoms with Crippen molar-refractivity contribution in [2.24, 2.45) is 0 Å². The molecule has 6 nitrogen and oxygen atoms in total. The number of nitrogens with one attached hydrogen (secondary N) is 1. The molecule has 0 aliphatic carbocycles. The van der Waals surface area contributed by atoms with E-state index in [0.29, 0.717) is 16.9 Å². The number of benzene rings is 2. The molecule has 0 aromatic heterocycles. The van der Waals surface area contributed by atoms with E-state index in [0.717, 1.165) is 16.0 Å². The van der Waals surface area contributed by atoms with Gasteiger partial charge in [-0.25, -0.2) is 9.69 Å². The van der Waals surface area contributed by atoms with Gasteiger partial charge in [-0.2, -0.15) is 0 Å². The van der Waals surface area contributed by atoms with Crippen molar-refractivity contribution in [3.8, 4) is 0 Å². The first-order valence-electron chi connectivity index (χ1n) is 9.13. The van der Waals surface area contributed by atoms with Gasteiger partial charge >= 0.3 is 5.97 Å². The van der Waals surface area contributed by atoms with Crippen molar-refractivity contribution in [1.82, 2.24) is 0 Å². The number of ether oxygens (including phenoxy) is 1. The summed E-state index contributed by atoms with van der Waals surface area (Å²) in [5.74, 6) is -1.62. The van der Waals surface area contributed by atoms with Gasteiger partial charge in [0, 0.05) is 5.69 Å². The van der Waals surface area contributed by atoms with Crippen molar-refractivity contribution < 1.29 is 19.1 Å². The average Bonchev–Trinajstić information content (AvgIpc) is 2.87. The zero-order valence-electron chi connectivity index (χ0n) is 16.6. The van der Waals surface area contributed by atoms with Crippen LogP contribution in [0, 0.1) is 13.8 Å². The molecule has 29 heavy (non-hydrogen) atoms. The maximum atomic E-state index is 13.0. The van der Waals surface area contributed by atoms with Crippen LogP contribution < -0.4 is 10.2 Å². The Morgan fingerprint density at radius 2 is 1.76 bits per heavy atom. The van der Waals surface area contributed by atoms with Crippen molar-refractivity contribution >= 4 is 40.8 Å². The number of carbonyl (C=O) groups excluding carboxylic acids is 3. The summed E-state index contributed by atoms with van der Waals surface area (Å²) in [7, 11) is 0. The molecule has 1 aliphatic heterocycles. The SMILES string of the molecule is Cc1cccc(N2C(=O)C(Cl)=C(Nc3cccc(C(=O)OC(C)C)c3)C2=O)c1C. The van der Waals surface area contributed by atoms with Crippen LogP contribution >= 0.6 is 11.6 Å². The quantitative estimate of drug-likeness (QED) is 0.585. The highest BCUT2D eigenvalue weighted by Crippen LogP contribution is 2.33. The molecule has 0 unspecified atom stereocenters. The number of hydrogen-bond donors (Lipinski definition) is 1. The summed E-state index contributed by atoms with van der Waals surface area (Å²) in [6.07, 6.45) is -0.253. The number of hydrogen-bond acceptors (Lipinski definition) is 5. The van der Waals surface area contributed by atoms with Gasteiger partial charge in [-0.1, -0.05) is 29.8 Å². The first-order valence-corrected chi connectivity index (χ1v) is 9.51. The molecule has 0 atom stereocenters. The number of imide groups is 1. The second-order valence-electron chi connectivity index (χ2n) is 7.01. The summed E-state index contributed by atoms with van der Waals surface area (Å²) in [6, 6.07) is 11.9. The van der Waals surface area contributed by atoms with Crippen LogP contribution in [0.15, 0.2) is 53.2 Å². The van der Waals surface area contributed by atoms with Gasteiger partial charge in [0.2, 0.25) is 0 Å². The van der Waals surface area contributed by atoms with Gasteiger partial charge in [-0.05, 0) is 63.1 Å². The average molecular weight is 413 g/mol. The number of anilines is 2. The Balaban J connectivity index is 1.89. The second-order valence-corrected chi connectivity index (χ2v) is 7.39. The lowest BCUT2D eigenvalue weighted by molar-refractivity contribution is -0.120. The molecule has 7 heteroatoms. The molecule has 0 bridgehead atoms. The summed E-state index contributed by atoms with van der Waals surface area (Å²) in [5, 5.41) is 2.68. The van der Waals surface area contributed by atoms with Crippen molar-refractivity contribution in [3.05, 3.63) is 69.9 Å². The van der Waals surface area contributed by atoms with E-state index in [4.69, 9.17) is 16.3 Å². The standard InChI is InChI=1S/C22H21ClN2O4/c1-12(2)29-22(28)15-8-6-9-16(11-15)24-19-18(23)20(26)25(21(19)27)17-10-5-7-13(3)14(17)4/h5-12,24H,1-4H3. The molecule has 1 aliphatic rings. The van der Waals surface area contributed by atoms with Gasteiger partial charge in [-0.3, -0.25) is 9.59 Å². The zero-order valence-corrected chi connectivity index (χ0v) is 17.3. The molecular weight excluding hydrogens is 392 g/mol. The van der Waals surface area contributed by atoms with Gasteiger partial charge in [0.1, 0.15) is 10.7 Å². The third kappa shape index (κ3) is 4.03. The third-order valence-corrected chi connectivity index (χ3v) is 4.91. The normalized spacial score (nSPS) is 14.1. The van der Waals surface area contributed by atoms with Crippen LogP contribution in [0.3, 0.4) is 0 Å². The predicted molar refractivity (Wildman–Crippen MR) is 112 cm³/mol. The Morgan fingerprint density at radius 1 is 1.07 bits per heavy atom. The van der Waals surface area contributed by atoms with Crippen LogP contribution in [0.5, 0.6) is 0 Å². The fraction of sp³-hybridized carbons (Fsp3) is 0.227. The summed E-state index contributed by atoms with van der Waals surface area (Å²) in [6.45, 7) is 7.26. The minimum Gasteiger partial charge on any atom is -0.459 e. The lowest BCUT2D eigenvalue weighted by Gasteiger charge is -2.18. The third-order valence-electron chi connectivity index (χ3n) is 4.55. The lowest BCUT2D eigenvalue weighted by atomic mass is 10.1. The Morgan fingerprint density at radius 3 is 2.45 bits per heavy atom. The number of esters is 1. The topological polar surface area (TPSA) is 75.7 Å². The van der Waals surface area contributed by atoms with Crippen LogP contribution in [0.1, 0.15) is 35.3 Å². The van der Waals surface area contributed by atoms with Gasteiger partial charge in [0.25, 0.3) is 11.8 Å². The predicted octanol–water partition coefficient (Wildman–Crippen LogP) is 4.30. The summed E-state index contributed by atoms with van der Waals surface area (Å²) in [4.78, 5) is 38.8. The van der Waals surface area contributed by atoms with E-state index in [1.54, 1.807) is 50.2 Å². The fourth-order valence-electron chi connectivity index (χ4n) is 2.96. The van der Waals surface area contributed by atoms with E-state index in [1.165, 1.54) is 0 Å². The van der Waals surface area contributed by atoms with E-state index in [-0.39, 0.29) is 16.8 Å². The maximum Gasteiger partial charge on any atom is 0.338 e. The monoisotopic (exact) mass is 412 g/mol. The summed E-state index contributed by atoms with van der Waals surface area (Å²) < 4.78 is 5.19. The number of nitrogens with zero attached hydrogens (tertiary/aromatic N) is 1. The fourth-order valence-corrected chi connectivity index (χ4v) is 3.17. The molecule has 2 aromatic carbocycles. The number of rotatable bonds is 5. The molecule has 0 radical (unpaired) electrons. The van der Waals surface area contributed by atoms with Crippen molar-refractivity contribution in [2.45, 2.75) is 33.8 Å². The molecular formula is C22H21ClN2O4. The highest BCUT2D eigenvalue weighted by Gasteiger charge is 2.39. The Hall–Kier alpha value is -3.12. The highest BCUT2D eigenvalue weighted by atomic mass is 35.5. The van der Waals surface area contributed by atoms with Crippen molar-refractivity contribution in [3.63, 3.8) is 0 Å². The molecule has 2 aromatic rings. The second kappa shape index (κ2) is 8.09. The molecule has 0 fully saturated rings. The number of amides is 2. The molecule has 1 N–H and O–H groups in total. The van der Waals surface area contributed by atoms with Crippen LogP contribution in [-0.4, -0.2) is 23.9 Å². The minimum absolute atomic E-state index is 0.0352. The van der Waals surface area contributed by atoms with Gasteiger partial charge in [-0.15, -0.1) is 0 Å². The minimum atomic E-state index is -0.594. The molecule has 3 rings (SSSR count). The molecule has 1 heterocycles. The van der Waals surface area contributed by atoms with Crippen molar-refractivity contribution in [2.75, 3.05) is 10.2 Å². The van der Waals surface area contributed by atoms with Crippen LogP contribution in [0.4, 0.5) is 11.4 Å². The largest absolute Gasteiger partial charge is 0.459 e. The highest BCUT2D eigenvalue weighted by molar-refractivity contribution is 6.53. The number of aryl methyl sites for hydroxylation is 1. The summed E-state index contributed by atoms with van der Waals surface area (Å²) >= 11 is 6.19. The van der Waals surface area contributed by atoms with E-state index in [9.17, 15) is 14.4 Å². The summed E-state index contributed by atoms with van der Waals surface area (Å²) in [5.41, 5.74) is 3.00. The smallest absolute Gasteiger partial charge is 0.338 e. The first-order chi connectivity index (χ1) is 13.7. The Kier molecular flexibility index (Phi) is 5.75. The number of halogens is 1. The first kappa shape index (κ1) is 20.6. The van der Waals surface area contributed by atoms with Crippen LogP contribution in [0.2, 0.25) is 0 Å². The van der Waals surface area contributed by atoms with Gasteiger partial charge in [0.05, 0.1) is 17.4 Å². The zero-order chi connectivity index (χ0) is 21.3. The van der Waals surface area contributed by atoms with E-state index >= 15 is 0 Å². The molecule has 0 saturated carbocycles. The van der Waals surface area contributed by atoms with Crippen LogP contribution in [-0.2, 0) is 14.3 Å². The van der Waals surface area contributed by atoms with Crippen molar-refractivity contribution in [1.29, 1.82) is 0 Å². The Labute approximate surface area is 174 Å². The molecule has 0 saturated heterocycles. The van der Waals surface area contributed by atoms with Gasteiger partial charge in [0.15, 0.2) is 0 Å². The molecule has 150 valence electrons. The van der Waals surface area contributed by atoms with Crippen LogP contribution in [0.25, 0.3) is 0 Å². The van der Waals surface area contributed by atoms with E-state index < -0.39 is 17.8 Å². The van der Waals surface area contributed by atoms with E-state index in [2.05, 4.69) is 5.32 Å². The van der Waals surface area contributed by atoms with E-state index in [1.807, 2.05) is 19.9 Å². The number of carbonyl (C=O) groups is 3.